The number of aryl methyl sites for hydroxylation is 1. The Balaban J connectivity index is 1.30. The van der Waals surface area contributed by atoms with E-state index in [1.807, 2.05) is 29.2 Å². The van der Waals surface area contributed by atoms with Gasteiger partial charge in [-0.2, -0.15) is 4.52 Å². The lowest BCUT2D eigenvalue weighted by molar-refractivity contribution is -0.134. The van der Waals surface area contributed by atoms with Crippen LogP contribution < -0.4 is 4.90 Å². The van der Waals surface area contributed by atoms with Gasteiger partial charge >= 0.3 is 0 Å². The zero-order valence-corrected chi connectivity index (χ0v) is 15.4. The van der Waals surface area contributed by atoms with Gasteiger partial charge in [0, 0.05) is 26.2 Å². The molecule has 0 atom stereocenters. The molecule has 2 fully saturated rings. The zero-order valence-electron chi connectivity index (χ0n) is 15.4. The molecule has 1 aliphatic heterocycles. The lowest BCUT2D eigenvalue weighted by atomic mass is 9.90. The summed E-state index contributed by atoms with van der Waals surface area (Å²) < 4.78 is 1.68. The Bertz CT molecular complexity index is 1000. The average molecular weight is 362 g/mol. The molecule has 2 aliphatic rings. The van der Waals surface area contributed by atoms with Gasteiger partial charge in [0.1, 0.15) is 12.1 Å². The summed E-state index contributed by atoms with van der Waals surface area (Å²) in [5, 5.41) is 12.4. The summed E-state index contributed by atoms with van der Waals surface area (Å²) in [5.74, 6) is 1.19. The molecule has 1 aliphatic carbocycles. The number of carbonyl (C=O) groups is 1. The first-order chi connectivity index (χ1) is 13.2. The summed E-state index contributed by atoms with van der Waals surface area (Å²) in [6, 6.07) is 12.2. The molecule has 7 heteroatoms. The van der Waals surface area contributed by atoms with Crippen molar-refractivity contribution in [2.75, 3.05) is 31.1 Å². The fourth-order valence-corrected chi connectivity index (χ4v) is 4.16. The molecule has 2 aromatic heterocycles. The maximum absolute atomic E-state index is 13.3. The molecular weight excluding hydrogens is 340 g/mol. The van der Waals surface area contributed by atoms with Crippen molar-refractivity contribution in [2.45, 2.75) is 25.2 Å². The van der Waals surface area contributed by atoms with Crippen LogP contribution in [0.25, 0.3) is 5.65 Å². The van der Waals surface area contributed by atoms with Crippen molar-refractivity contribution in [3.63, 3.8) is 0 Å². The van der Waals surface area contributed by atoms with Crippen molar-refractivity contribution >= 4 is 17.4 Å². The molecule has 0 unspecified atom stereocenters. The van der Waals surface area contributed by atoms with Crippen LogP contribution in [0, 0.1) is 6.92 Å². The van der Waals surface area contributed by atoms with Crippen LogP contribution in [0.15, 0.2) is 42.7 Å². The molecule has 1 saturated carbocycles. The van der Waals surface area contributed by atoms with Crippen molar-refractivity contribution < 1.29 is 4.79 Å². The number of fused-ring (bicyclic) bond motifs is 1. The third-order valence-corrected chi connectivity index (χ3v) is 5.86. The minimum absolute atomic E-state index is 0.285. The molecule has 0 N–H and O–H groups in total. The normalized spacial score (nSPS) is 18.7. The maximum atomic E-state index is 13.3. The summed E-state index contributed by atoms with van der Waals surface area (Å²) in [6.07, 6.45) is 3.53. The van der Waals surface area contributed by atoms with E-state index in [0.717, 1.165) is 50.5 Å². The van der Waals surface area contributed by atoms with Gasteiger partial charge in [0.05, 0.1) is 5.41 Å². The lowest BCUT2D eigenvalue weighted by Gasteiger charge is -2.37. The number of piperazine rings is 1. The highest BCUT2D eigenvalue weighted by Crippen LogP contribution is 2.50. The fourth-order valence-electron chi connectivity index (χ4n) is 4.16. The van der Waals surface area contributed by atoms with E-state index in [-0.39, 0.29) is 5.41 Å². The number of aromatic nitrogens is 4. The van der Waals surface area contributed by atoms with Crippen LogP contribution in [-0.2, 0) is 10.2 Å². The number of amides is 1. The Hall–Kier alpha value is -2.96. The Morgan fingerprint density at radius 1 is 1.04 bits per heavy atom. The van der Waals surface area contributed by atoms with Gasteiger partial charge in [-0.1, -0.05) is 24.3 Å². The van der Waals surface area contributed by atoms with Crippen LogP contribution in [0.4, 0.5) is 5.82 Å². The van der Waals surface area contributed by atoms with Gasteiger partial charge < -0.3 is 9.80 Å². The average Bonchev–Trinajstić information content (AvgIpc) is 3.37. The molecule has 7 nitrogen and oxygen atoms in total. The Morgan fingerprint density at radius 2 is 1.81 bits per heavy atom. The second-order valence-corrected chi connectivity index (χ2v) is 7.50. The number of rotatable bonds is 3. The monoisotopic (exact) mass is 362 g/mol. The number of hydrogen-bond donors (Lipinski definition) is 0. The highest BCUT2D eigenvalue weighted by atomic mass is 16.2. The molecule has 1 amide bonds. The second-order valence-electron chi connectivity index (χ2n) is 7.50. The van der Waals surface area contributed by atoms with Crippen LogP contribution in [0.3, 0.4) is 0 Å². The second kappa shape index (κ2) is 6.04. The standard InChI is InChI=1S/C20H22N6O/c1-15-4-2-3-5-16(15)20(8-9-20)19(27)25-12-10-24(11-13-25)18-7-6-17-22-21-14-26(17)23-18/h2-7,14H,8-13H2,1H3. The number of carbonyl (C=O) groups excluding carboxylic acids is 1. The number of benzene rings is 1. The van der Waals surface area contributed by atoms with Crippen LogP contribution in [-0.4, -0.2) is 56.8 Å². The molecule has 5 rings (SSSR count). The van der Waals surface area contributed by atoms with Gasteiger partial charge in [0.2, 0.25) is 5.91 Å². The van der Waals surface area contributed by atoms with Gasteiger partial charge in [-0.15, -0.1) is 15.3 Å². The first-order valence-electron chi connectivity index (χ1n) is 9.45. The van der Waals surface area contributed by atoms with Crippen molar-refractivity contribution in [3.05, 3.63) is 53.9 Å². The molecule has 3 aromatic rings. The number of anilines is 1. The Kier molecular flexibility index (Phi) is 3.63. The molecular formula is C20H22N6O. The molecule has 0 bridgehead atoms. The third kappa shape index (κ3) is 2.65. The van der Waals surface area contributed by atoms with Gasteiger partial charge in [0.15, 0.2) is 5.65 Å². The first-order valence-corrected chi connectivity index (χ1v) is 9.45. The van der Waals surface area contributed by atoms with Gasteiger partial charge in [-0.05, 0) is 43.0 Å². The SMILES string of the molecule is Cc1ccccc1C1(C(=O)N2CCN(c3ccc4nncn4n3)CC2)CC1. The van der Waals surface area contributed by atoms with E-state index >= 15 is 0 Å². The third-order valence-electron chi connectivity index (χ3n) is 5.86. The van der Waals surface area contributed by atoms with Crippen LogP contribution >= 0.6 is 0 Å². The van der Waals surface area contributed by atoms with E-state index in [0.29, 0.717) is 5.91 Å². The minimum Gasteiger partial charge on any atom is -0.352 e. The van der Waals surface area contributed by atoms with E-state index in [1.54, 1.807) is 10.8 Å². The van der Waals surface area contributed by atoms with Crippen molar-refractivity contribution in [2.24, 2.45) is 0 Å². The molecule has 3 heterocycles. The first kappa shape index (κ1) is 16.2. The molecule has 1 aromatic carbocycles. The van der Waals surface area contributed by atoms with E-state index in [2.05, 4.69) is 39.3 Å². The van der Waals surface area contributed by atoms with Crippen LogP contribution in [0.2, 0.25) is 0 Å². The quantitative estimate of drug-likeness (QED) is 0.711. The van der Waals surface area contributed by atoms with Gasteiger partial charge in [0.25, 0.3) is 0 Å². The zero-order chi connectivity index (χ0) is 18.4. The lowest BCUT2D eigenvalue weighted by Crippen LogP contribution is -2.52. The summed E-state index contributed by atoms with van der Waals surface area (Å²) in [6.45, 7) is 5.14. The largest absolute Gasteiger partial charge is 0.352 e. The summed E-state index contributed by atoms with van der Waals surface area (Å²) in [7, 11) is 0. The summed E-state index contributed by atoms with van der Waals surface area (Å²) >= 11 is 0. The van der Waals surface area contributed by atoms with E-state index in [1.165, 1.54) is 11.1 Å². The molecule has 27 heavy (non-hydrogen) atoms. The fraction of sp³-hybridized carbons (Fsp3) is 0.400. The molecule has 138 valence electrons. The molecule has 1 saturated heterocycles. The summed E-state index contributed by atoms with van der Waals surface area (Å²) in [5.41, 5.74) is 2.87. The van der Waals surface area contributed by atoms with Crippen molar-refractivity contribution in [1.82, 2.24) is 24.7 Å². The molecule has 0 spiro atoms. The highest BCUT2D eigenvalue weighted by molar-refractivity contribution is 5.92. The van der Waals surface area contributed by atoms with E-state index < -0.39 is 0 Å². The van der Waals surface area contributed by atoms with Gasteiger partial charge in [-0.3, -0.25) is 4.79 Å². The number of hydrogen-bond acceptors (Lipinski definition) is 5. The predicted molar refractivity (Wildman–Crippen MR) is 102 cm³/mol. The van der Waals surface area contributed by atoms with Crippen LogP contribution in [0.5, 0.6) is 0 Å². The predicted octanol–water partition coefficient (Wildman–Crippen LogP) is 1.81. The van der Waals surface area contributed by atoms with Crippen molar-refractivity contribution in [3.8, 4) is 0 Å². The van der Waals surface area contributed by atoms with Gasteiger partial charge in [-0.25, -0.2) is 0 Å². The number of nitrogens with zero attached hydrogens (tertiary/aromatic N) is 6. The summed E-state index contributed by atoms with van der Waals surface area (Å²) in [4.78, 5) is 17.5. The maximum Gasteiger partial charge on any atom is 0.233 e. The van der Waals surface area contributed by atoms with Crippen molar-refractivity contribution in [1.29, 1.82) is 0 Å². The topological polar surface area (TPSA) is 66.6 Å². The Morgan fingerprint density at radius 3 is 2.56 bits per heavy atom. The van der Waals surface area contributed by atoms with E-state index in [4.69, 9.17) is 0 Å². The smallest absolute Gasteiger partial charge is 0.233 e. The Labute approximate surface area is 157 Å². The van der Waals surface area contributed by atoms with Crippen LogP contribution in [0.1, 0.15) is 24.0 Å². The van der Waals surface area contributed by atoms with E-state index in [9.17, 15) is 4.79 Å². The minimum atomic E-state index is -0.285. The molecule has 0 radical (unpaired) electrons. The highest BCUT2D eigenvalue weighted by Gasteiger charge is 2.53.